The van der Waals surface area contributed by atoms with E-state index in [2.05, 4.69) is 26.1 Å². The number of rotatable bonds is 4. The summed E-state index contributed by atoms with van der Waals surface area (Å²) >= 11 is 3.45. The van der Waals surface area contributed by atoms with Crippen LogP contribution in [0.3, 0.4) is 0 Å². The van der Waals surface area contributed by atoms with Crippen LogP contribution in [-0.4, -0.2) is 16.7 Å². The molecule has 0 bridgehead atoms. The Hall–Kier alpha value is -1.20. The molecule has 0 atom stereocenters. The average Bonchev–Trinajstić information content (AvgIpc) is 2.75. The lowest BCUT2D eigenvalue weighted by molar-refractivity contribution is 0.376. The van der Waals surface area contributed by atoms with Crippen LogP contribution in [-0.2, 0) is 6.42 Å². The third-order valence-corrected chi connectivity index (χ3v) is 2.87. The van der Waals surface area contributed by atoms with Gasteiger partial charge in [0.15, 0.2) is 0 Å². The molecule has 16 heavy (non-hydrogen) atoms. The second-order valence-electron chi connectivity index (χ2n) is 3.38. The first-order valence-electron chi connectivity index (χ1n) is 5.09. The second kappa shape index (κ2) is 5.23. The highest BCUT2D eigenvalue weighted by Gasteiger charge is 2.10. The summed E-state index contributed by atoms with van der Waals surface area (Å²) in [4.78, 5) is 4.32. The molecule has 1 heterocycles. The van der Waals surface area contributed by atoms with Crippen molar-refractivity contribution >= 4 is 15.9 Å². The summed E-state index contributed by atoms with van der Waals surface area (Å²) in [5.74, 6) is 1.25. The van der Waals surface area contributed by atoms with Gasteiger partial charge in [-0.05, 0) is 25.1 Å². The maximum absolute atomic E-state index is 5.42. The maximum atomic E-state index is 5.42. The summed E-state index contributed by atoms with van der Waals surface area (Å²) in [5, 5.41) is 3.94. The van der Waals surface area contributed by atoms with Crippen LogP contribution in [0.4, 0.5) is 0 Å². The smallest absolute Gasteiger partial charge is 0.227 e. The second-order valence-corrected chi connectivity index (χ2v) is 4.24. The fourth-order valence-electron chi connectivity index (χ4n) is 1.36. The van der Waals surface area contributed by atoms with Crippen molar-refractivity contribution in [1.29, 1.82) is 0 Å². The molecule has 1 aromatic carbocycles. The van der Waals surface area contributed by atoms with Crippen LogP contribution < -0.4 is 5.73 Å². The molecule has 84 valence electrons. The number of halogens is 1. The van der Waals surface area contributed by atoms with Gasteiger partial charge in [-0.25, -0.2) is 0 Å². The van der Waals surface area contributed by atoms with E-state index in [9.17, 15) is 0 Å². The molecule has 0 aliphatic rings. The molecule has 0 aliphatic heterocycles. The van der Waals surface area contributed by atoms with Crippen molar-refractivity contribution in [1.82, 2.24) is 10.1 Å². The molecule has 0 spiro atoms. The van der Waals surface area contributed by atoms with Gasteiger partial charge >= 0.3 is 0 Å². The summed E-state index contributed by atoms with van der Waals surface area (Å²) in [5.41, 5.74) is 6.36. The minimum absolute atomic E-state index is 0.611. The molecule has 0 saturated carbocycles. The Balaban J connectivity index is 2.22. The Morgan fingerprint density at radius 3 is 2.88 bits per heavy atom. The number of hydrogen-bond acceptors (Lipinski definition) is 4. The first kappa shape index (κ1) is 11.3. The Bertz CT molecular complexity index is 470. The minimum Gasteiger partial charge on any atom is -0.339 e. The number of nitrogens with zero attached hydrogens (tertiary/aromatic N) is 2. The highest BCUT2D eigenvalue weighted by Crippen LogP contribution is 2.25. The third-order valence-electron chi connectivity index (χ3n) is 2.18. The van der Waals surface area contributed by atoms with Gasteiger partial charge in [0.2, 0.25) is 11.7 Å². The van der Waals surface area contributed by atoms with Crippen molar-refractivity contribution in [3.63, 3.8) is 0 Å². The number of aromatic nitrogens is 2. The van der Waals surface area contributed by atoms with Crippen LogP contribution in [0.1, 0.15) is 12.3 Å². The molecule has 2 rings (SSSR count). The zero-order valence-corrected chi connectivity index (χ0v) is 10.3. The summed E-state index contributed by atoms with van der Waals surface area (Å²) < 4.78 is 6.10. The van der Waals surface area contributed by atoms with E-state index in [1.165, 1.54) is 0 Å². The van der Waals surface area contributed by atoms with E-state index >= 15 is 0 Å². The number of benzene rings is 1. The van der Waals surface area contributed by atoms with E-state index in [0.29, 0.717) is 18.3 Å². The number of aryl methyl sites for hydroxylation is 1. The summed E-state index contributed by atoms with van der Waals surface area (Å²) in [6.45, 7) is 0.632. The van der Waals surface area contributed by atoms with Crippen LogP contribution in [0.25, 0.3) is 11.4 Å². The topological polar surface area (TPSA) is 64.9 Å². The molecule has 2 aromatic rings. The van der Waals surface area contributed by atoms with Crippen molar-refractivity contribution < 1.29 is 4.52 Å². The Kier molecular flexibility index (Phi) is 3.69. The normalized spacial score (nSPS) is 10.6. The van der Waals surface area contributed by atoms with Crippen LogP contribution in [0, 0.1) is 0 Å². The zero-order chi connectivity index (χ0) is 11.4. The monoisotopic (exact) mass is 281 g/mol. The zero-order valence-electron chi connectivity index (χ0n) is 8.69. The van der Waals surface area contributed by atoms with Crippen LogP contribution in [0.5, 0.6) is 0 Å². The lowest BCUT2D eigenvalue weighted by Gasteiger charge is -1.96. The molecular weight excluding hydrogens is 270 g/mol. The maximum Gasteiger partial charge on any atom is 0.227 e. The summed E-state index contributed by atoms with van der Waals surface area (Å²) in [7, 11) is 0. The lowest BCUT2D eigenvalue weighted by Crippen LogP contribution is -2.00. The van der Waals surface area contributed by atoms with Crippen LogP contribution in [0.15, 0.2) is 33.3 Å². The first-order valence-corrected chi connectivity index (χ1v) is 5.88. The molecule has 0 saturated heterocycles. The molecule has 0 amide bonds. The van der Waals surface area contributed by atoms with Gasteiger partial charge in [0.25, 0.3) is 0 Å². The number of nitrogens with two attached hydrogens (primary N) is 1. The molecule has 0 radical (unpaired) electrons. The minimum atomic E-state index is 0.611. The van der Waals surface area contributed by atoms with Crippen molar-refractivity contribution in [2.24, 2.45) is 5.73 Å². The van der Waals surface area contributed by atoms with E-state index in [0.717, 1.165) is 22.9 Å². The highest BCUT2D eigenvalue weighted by atomic mass is 79.9. The van der Waals surface area contributed by atoms with Crippen molar-refractivity contribution in [3.8, 4) is 11.4 Å². The molecule has 1 aromatic heterocycles. The van der Waals surface area contributed by atoms with Gasteiger partial charge in [-0.15, -0.1) is 0 Å². The summed E-state index contributed by atoms with van der Waals surface area (Å²) in [6, 6.07) is 7.78. The van der Waals surface area contributed by atoms with Crippen molar-refractivity contribution in [2.45, 2.75) is 12.8 Å². The van der Waals surface area contributed by atoms with Gasteiger partial charge in [-0.1, -0.05) is 33.2 Å². The van der Waals surface area contributed by atoms with E-state index in [-0.39, 0.29) is 0 Å². The van der Waals surface area contributed by atoms with Gasteiger partial charge < -0.3 is 10.3 Å². The van der Waals surface area contributed by atoms with E-state index < -0.39 is 0 Å². The van der Waals surface area contributed by atoms with E-state index in [4.69, 9.17) is 10.3 Å². The molecular formula is C11H12BrN3O. The Morgan fingerprint density at radius 1 is 1.31 bits per heavy atom. The Morgan fingerprint density at radius 2 is 2.12 bits per heavy atom. The van der Waals surface area contributed by atoms with Crippen LogP contribution >= 0.6 is 15.9 Å². The molecule has 0 fully saturated rings. The molecule has 2 N–H and O–H groups in total. The van der Waals surface area contributed by atoms with Gasteiger partial charge in [-0.2, -0.15) is 4.98 Å². The van der Waals surface area contributed by atoms with Gasteiger partial charge in [-0.3, -0.25) is 0 Å². The first-order chi connectivity index (χ1) is 7.81. The third kappa shape index (κ3) is 2.48. The van der Waals surface area contributed by atoms with E-state index in [1.807, 2.05) is 24.3 Å². The lowest BCUT2D eigenvalue weighted by atomic mass is 10.2. The predicted octanol–water partition coefficient (Wildman–Crippen LogP) is 2.39. The van der Waals surface area contributed by atoms with Gasteiger partial charge in [0.1, 0.15) is 0 Å². The quantitative estimate of drug-likeness (QED) is 0.935. The Labute approximate surface area is 102 Å². The largest absolute Gasteiger partial charge is 0.339 e. The molecule has 5 heteroatoms. The average molecular weight is 282 g/mol. The SMILES string of the molecule is NCCCc1nc(-c2ccccc2Br)no1. The van der Waals surface area contributed by atoms with Crippen LogP contribution in [0.2, 0.25) is 0 Å². The fraction of sp³-hybridized carbons (Fsp3) is 0.273. The van der Waals surface area contributed by atoms with Gasteiger partial charge in [0.05, 0.1) is 0 Å². The standard InChI is InChI=1S/C11H12BrN3O/c12-9-5-2-1-4-8(9)11-14-10(16-15-11)6-3-7-13/h1-2,4-5H,3,6-7,13H2. The van der Waals surface area contributed by atoms with Gasteiger partial charge in [0, 0.05) is 16.5 Å². The number of hydrogen-bond donors (Lipinski definition) is 1. The molecule has 0 aliphatic carbocycles. The summed E-state index contributed by atoms with van der Waals surface area (Å²) in [6.07, 6.45) is 1.59. The molecule has 0 unspecified atom stereocenters. The highest BCUT2D eigenvalue weighted by molar-refractivity contribution is 9.10. The predicted molar refractivity (Wildman–Crippen MR) is 64.8 cm³/mol. The fourth-order valence-corrected chi connectivity index (χ4v) is 1.82. The van der Waals surface area contributed by atoms with E-state index in [1.54, 1.807) is 0 Å². The van der Waals surface area contributed by atoms with Crippen molar-refractivity contribution in [2.75, 3.05) is 6.54 Å². The molecule has 4 nitrogen and oxygen atoms in total. The van der Waals surface area contributed by atoms with Crippen molar-refractivity contribution in [3.05, 3.63) is 34.6 Å².